The Hall–Kier alpha value is -16.1. The van der Waals surface area contributed by atoms with Crippen molar-refractivity contribution in [2.24, 2.45) is 33.2 Å². The molecule has 0 bridgehead atoms. The van der Waals surface area contributed by atoms with E-state index in [0.717, 1.165) is 216 Å². The second-order valence-electron chi connectivity index (χ2n) is 33.6. The van der Waals surface area contributed by atoms with Crippen molar-refractivity contribution in [3.63, 3.8) is 0 Å². The predicted molar refractivity (Wildman–Crippen MR) is 536 cm³/mol. The van der Waals surface area contributed by atoms with Crippen LogP contribution in [0, 0.1) is 0 Å². The Bertz CT molecular complexity index is 8180. The molecule has 17 heteroatoms. The van der Waals surface area contributed by atoms with E-state index >= 15 is 0 Å². The van der Waals surface area contributed by atoms with E-state index in [1.54, 1.807) is 7.11 Å². The SMILES string of the molecule is COc1cccc2ccc(CCc3nc4c5ncccc5ccc4n3C)nc12.Cn1c(CCc2ccc3ccccc3n2)nc2c3ccccc3ccc21.Cn1c(CCc2ccc3ccccc3n2)nc2c3ncccc3ccc21.Cn1c(CCc2ccc3ccccc3n2)nc2ccc3ccccc3c21.c1ccc2nc(CCC3=Nc4c(ccc5ccccc45)C3)ccc2c1. The highest BCUT2D eigenvalue weighted by molar-refractivity contribution is 6.08. The van der Waals surface area contributed by atoms with Crippen LogP contribution in [0.5, 0.6) is 5.75 Å². The van der Waals surface area contributed by atoms with Crippen LogP contribution in [0.1, 0.15) is 63.8 Å². The van der Waals surface area contributed by atoms with E-state index in [1.165, 1.54) is 81.9 Å². The number of methoxy groups -OCH3 is 1. The number of hydrogen-bond donors (Lipinski definition) is 0. The molecule has 0 amide bonds. The third-order valence-electron chi connectivity index (χ3n) is 25.5. The van der Waals surface area contributed by atoms with Crippen LogP contribution >= 0.6 is 0 Å². The number of ether oxygens (including phenoxy) is 1. The summed E-state index contributed by atoms with van der Waals surface area (Å²) >= 11 is 0. The van der Waals surface area contributed by atoms with Gasteiger partial charge in [0.25, 0.3) is 0 Å². The normalized spacial score (nSPS) is 11.9. The summed E-state index contributed by atoms with van der Waals surface area (Å²) in [5.74, 6) is 5.11. The maximum Gasteiger partial charge on any atom is 0.145 e. The van der Waals surface area contributed by atoms with E-state index in [2.05, 4.69) is 323 Å². The van der Waals surface area contributed by atoms with E-state index in [9.17, 15) is 0 Å². The molecule has 25 rings (SSSR count). The van der Waals surface area contributed by atoms with E-state index in [-0.39, 0.29) is 0 Å². The lowest BCUT2D eigenvalue weighted by molar-refractivity contribution is 0.419. The Morgan fingerprint density at radius 2 is 0.595 bits per heavy atom. The summed E-state index contributed by atoms with van der Waals surface area (Å²) in [6.45, 7) is 0. The Morgan fingerprint density at radius 1 is 0.244 bits per heavy atom. The minimum Gasteiger partial charge on any atom is -0.494 e. The van der Waals surface area contributed by atoms with E-state index < -0.39 is 0 Å². The fourth-order valence-electron chi connectivity index (χ4n) is 18.4. The molecule has 1 aliphatic heterocycles. The van der Waals surface area contributed by atoms with Crippen LogP contribution in [0.3, 0.4) is 0 Å². The first-order valence-corrected chi connectivity index (χ1v) is 44.9. The molecule has 0 saturated heterocycles. The van der Waals surface area contributed by atoms with Gasteiger partial charge in [0, 0.05) is 161 Å². The van der Waals surface area contributed by atoms with Crippen LogP contribution in [0.4, 0.5) is 5.69 Å². The molecule has 131 heavy (non-hydrogen) atoms. The number of pyridine rings is 7. The summed E-state index contributed by atoms with van der Waals surface area (Å²) < 4.78 is 14.2. The predicted octanol–water partition coefficient (Wildman–Crippen LogP) is 24.7. The third-order valence-corrected chi connectivity index (χ3v) is 25.5. The summed E-state index contributed by atoms with van der Waals surface area (Å²) in [6, 6.07) is 115. The number of hydrogen-bond acceptors (Lipinski definition) is 13. The van der Waals surface area contributed by atoms with Gasteiger partial charge < -0.3 is 23.0 Å². The van der Waals surface area contributed by atoms with Crippen LogP contribution in [0.15, 0.2) is 351 Å². The van der Waals surface area contributed by atoms with Gasteiger partial charge in [0.1, 0.15) is 45.6 Å². The molecule has 12 heterocycles. The molecule has 11 aromatic heterocycles. The first-order chi connectivity index (χ1) is 64.5. The molecule has 0 N–H and O–H groups in total. The standard InChI is InChI=1S/C23H20N4O.2C23H19N3.C23H18N2.C22H18N4/c1-27-18-12-9-16-6-4-14-24-22(16)23(18)26-20(27)13-11-17-10-8-15-5-3-7-19(28-2)21(15)25-17;1-26-21-14-11-16-6-2-4-8-19(16)23(21)25-22(26)15-13-18-12-10-17-7-3-5-9-20(17)24-18;1-26-22(15-13-18-12-10-17-7-3-5-9-20(17)24-18)25-21-14-11-16-6-2-4-8-19(16)23(21)26;1-3-7-21-16(5-1)9-10-18-15-20(25-23(18)21)14-13-19-12-11-17-6-2-4-8-22(17)24-19;1-26-19-12-9-16-6-4-14-23-21(16)22(19)25-20(26)13-11-17-10-8-15-5-2-3-7-18(15)24-17/h3-10,12,14H,11,13H2,1-2H3;2*2-12,14H,13,15H2,1H3;1-12H,13-15H2;2-10,12,14H,11,13H2,1H3. The van der Waals surface area contributed by atoms with Crippen molar-refractivity contribution in [3.8, 4) is 5.75 Å². The number of rotatable bonds is 16. The second kappa shape index (κ2) is 36.3. The lowest BCUT2D eigenvalue weighted by Gasteiger charge is -2.07. The van der Waals surface area contributed by atoms with Crippen molar-refractivity contribution in [1.82, 2.24) is 73.1 Å². The lowest BCUT2D eigenvalue weighted by Crippen LogP contribution is -2.02. The zero-order valence-electron chi connectivity index (χ0n) is 73.8. The Balaban J connectivity index is 0.0000000989. The molecule has 0 radical (unpaired) electrons. The van der Waals surface area contributed by atoms with Crippen molar-refractivity contribution >= 4 is 164 Å². The molecule has 24 aromatic rings. The Labute approximate surface area is 757 Å². The maximum absolute atomic E-state index is 5.46. The molecule has 0 unspecified atom stereocenters. The summed E-state index contributed by atoms with van der Waals surface area (Å²) in [7, 11) is 10.0. The zero-order chi connectivity index (χ0) is 88.3. The monoisotopic (exact) mass is 1700 g/mol. The summed E-state index contributed by atoms with van der Waals surface area (Å²) in [5.41, 5.74) is 25.1. The number of aryl methyl sites for hydroxylation is 13. The van der Waals surface area contributed by atoms with Crippen LogP contribution in [0.25, 0.3) is 153 Å². The van der Waals surface area contributed by atoms with Gasteiger partial charge in [-0.1, -0.05) is 237 Å². The number of benzene rings is 13. The molecule has 0 spiro atoms. The molecule has 0 aliphatic carbocycles. The van der Waals surface area contributed by atoms with Crippen LogP contribution < -0.4 is 4.74 Å². The maximum atomic E-state index is 5.46. The van der Waals surface area contributed by atoms with Crippen LogP contribution in [-0.4, -0.2) is 85.9 Å². The average Bonchev–Trinajstić information content (AvgIpc) is 1.64. The molecule has 0 atom stereocenters. The summed E-state index contributed by atoms with van der Waals surface area (Å²) in [5, 5.41) is 15.6. The fraction of sp³-hybridized carbons (Fsp3) is 0.140. The first-order valence-electron chi connectivity index (χ1n) is 44.9. The van der Waals surface area contributed by atoms with Crippen LogP contribution in [0.2, 0.25) is 0 Å². The van der Waals surface area contributed by atoms with Gasteiger partial charge in [-0.3, -0.25) is 34.9 Å². The van der Waals surface area contributed by atoms with Crippen molar-refractivity contribution in [1.29, 1.82) is 0 Å². The second-order valence-corrected chi connectivity index (χ2v) is 33.6. The van der Waals surface area contributed by atoms with E-state index in [0.29, 0.717) is 0 Å². The first kappa shape index (κ1) is 81.9. The number of nitrogens with zero attached hydrogens (tertiary/aromatic N) is 16. The number of para-hydroxylation sites is 5. The van der Waals surface area contributed by atoms with E-state index in [4.69, 9.17) is 54.6 Å². The van der Waals surface area contributed by atoms with Crippen molar-refractivity contribution in [3.05, 3.63) is 403 Å². The molecule has 13 aromatic carbocycles. The van der Waals surface area contributed by atoms with Gasteiger partial charge in [-0.25, -0.2) is 24.9 Å². The number of imidazole rings is 4. The van der Waals surface area contributed by atoms with Crippen molar-refractivity contribution in [2.75, 3.05) is 7.11 Å². The summed E-state index contributed by atoms with van der Waals surface area (Å²) in [4.78, 5) is 57.6. The minimum absolute atomic E-state index is 0.805. The van der Waals surface area contributed by atoms with Gasteiger partial charge in [-0.15, -0.1) is 0 Å². The molecule has 0 saturated carbocycles. The summed E-state index contributed by atoms with van der Waals surface area (Å²) in [6.07, 6.45) is 13.4. The third kappa shape index (κ3) is 17.0. The molecule has 17 nitrogen and oxygen atoms in total. The lowest BCUT2D eigenvalue weighted by atomic mass is 10.0. The molecular weight excluding hydrogens is 1610 g/mol. The van der Waals surface area contributed by atoms with E-state index in [1.807, 2.05) is 79.1 Å². The van der Waals surface area contributed by atoms with Gasteiger partial charge in [0.2, 0.25) is 0 Å². The van der Waals surface area contributed by atoms with Gasteiger partial charge >= 0.3 is 0 Å². The molecule has 636 valence electrons. The van der Waals surface area contributed by atoms with Gasteiger partial charge in [-0.2, -0.15) is 0 Å². The fourth-order valence-corrected chi connectivity index (χ4v) is 18.4. The topological polar surface area (TPSA) is 183 Å². The number of aromatic nitrogens is 15. The van der Waals surface area contributed by atoms with Crippen molar-refractivity contribution in [2.45, 2.75) is 70.6 Å². The largest absolute Gasteiger partial charge is 0.494 e. The Kier molecular flexibility index (Phi) is 22.7. The van der Waals surface area contributed by atoms with Gasteiger partial charge in [0.05, 0.1) is 79.0 Å². The molecular formula is C114H94N16O. The number of aliphatic imine (C=N–C) groups is 1. The highest BCUT2D eigenvalue weighted by atomic mass is 16.5. The highest BCUT2D eigenvalue weighted by Crippen LogP contribution is 2.37. The smallest absolute Gasteiger partial charge is 0.145 e. The molecule has 0 fully saturated rings. The highest BCUT2D eigenvalue weighted by Gasteiger charge is 2.21. The van der Waals surface area contributed by atoms with Crippen molar-refractivity contribution < 1.29 is 4.74 Å². The minimum atomic E-state index is 0.805. The average molecular weight is 1700 g/mol. The number of fused-ring (bicyclic) bond motifs is 20. The Morgan fingerprint density at radius 3 is 1.09 bits per heavy atom. The quantitative estimate of drug-likeness (QED) is 0.0893. The van der Waals surface area contributed by atoms with Gasteiger partial charge in [0.15, 0.2) is 0 Å². The molecule has 1 aliphatic rings. The zero-order valence-corrected chi connectivity index (χ0v) is 73.8. The van der Waals surface area contributed by atoms with Crippen LogP contribution in [-0.2, 0) is 92.4 Å². The van der Waals surface area contributed by atoms with Gasteiger partial charge in [-0.05, 0) is 157 Å².